The summed E-state index contributed by atoms with van der Waals surface area (Å²) in [7, 11) is 0. The second kappa shape index (κ2) is 5.49. The van der Waals surface area contributed by atoms with Crippen molar-refractivity contribution in [2.75, 3.05) is 0 Å². The zero-order valence-corrected chi connectivity index (χ0v) is 12.0. The minimum Gasteiger partial charge on any atom is -0.436 e. The van der Waals surface area contributed by atoms with E-state index >= 15 is 0 Å². The number of aromatic nitrogens is 1. The van der Waals surface area contributed by atoms with Crippen LogP contribution in [0.2, 0.25) is 0 Å². The van der Waals surface area contributed by atoms with Gasteiger partial charge in [-0.05, 0) is 42.2 Å². The predicted octanol–water partition coefficient (Wildman–Crippen LogP) is 5.08. The van der Waals surface area contributed by atoms with Crippen molar-refractivity contribution in [1.82, 2.24) is 4.98 Å². The van der Waals surface area contributed by atoms with E-state index < -0.39 is 0 Å². The van der Waals surface area contributed by atoms with Crippen LogP contribution in [0.4, 0.5) is 0 Å². The molecule has 0 bridgehead atoms. The van der Waals surface area contributed by atoms with Crippen molar-refractivity contribution >= 4 is 11.1 Å². The molecule has 1 atom stereocenters. The van der Waals surface area contributed by atoms with Crippen LogP contribution in [0, 0.1) is 5.92 Å². The van der Waals surface area contributed by atoms with Crippen LogP contribution in [0.5, 0.6) is 0 Å². The third kappa shape index (κ3) is 2.60. The lowest BCUT2D eigenvalue weighted by atomic mass is 9.98. The molecule has 0 N–H and O–H groups in total. The van der Waals surface area contributed by atoms with Gasteiger partial charge < -0.3 is 4.42 Å². The maximum absolute atomic E-state index is 5.79. The van der Waals surface area contributed by atoms with Crippen LogP contribution in [0.1, 0.15) is 25.8 Å². The van der Waals surface area contributed by atoms with Crippen LogP contribution < -0.4 is 0 Å². The van der Waals surface area contributed by atoms with Crippen molar-refractivity contribution in [2.24, 2.45) is 5.92 Å². The molecule has 0 aliphatic rings. The monoisotopic (exact) mass is 265 g/mol. The highest BCUT2D eigenvalue weighted by molar-refractivity contribution is 5.75. The molecule has 20 heavy (non-hydrogen) atoms. The summed E-state index contributed by atoms with van der Waals surface area (Å²) in [5, 5.41) is 0. The van der Waals surface area contributed by atoms with Crippen LogP contribution in [0.25, 0.3) is 22.6 Å². The minimum atomic E-state index is 0.696. The molecule has 1 aromatic heterocycles. The highest BCUT2D eigenvalue weighted by atomic mass is 16.3. The van der Waals surface area contributed by atoms with Crippen molar-refractivity contribution in [1.29, 1.82) is 0 Å². The van der Waals surface area contributed by atoms with Gasteiger partial charge in [-0.1, -0.05) is 44.5 Å². The van der Waals surface area contributed by atoms with E-state index in [1.807, 2.05) is 24.3 Å². The Morgan fingerprint density at radius 2 is 1.80 bits per heavy atom. The van der Waals surface area contributed by atoms with Gasteiger partial charge in [0.15, 0.2) is 5.58 Å². The third-order valence-electron chi connectivity index (χ3n) is 3.78. The summed E-state index contributed by atoms with van der Waals surface area (Å²) >= 11 is 0. The molecule has 0 saturated heterocycles. The van der Waals surface area contributed by atoms with Gasteiger partial charge in [-0.3, -0.25) is 0 Å². The molecule has 2 heteroatoms. The van der Waals surface area contributed by atoms with Gasteiger partial charge in [0.2, 0.25) is 5.89 Å². The van der Waals surface area contributed by atoms with Crippen LogP contribution in [-0.4, -0.2) is 4.98 Å². The minimum absolute atomic E-state index is 0.696. The summed E-state index contributed by atoms with van der Waals surface area (Å²) in [5.74, 6) is 1.42. The molecule has 3 aromatic rings. The lowest BCUT2D eigenvalue weighted by molar-refractivity contribution is 0.560. The van der Waals surface area contributed by atoms with E-state index in [1.165, 1.54) is 12.0 Å². The Hall–Kier alpha value is -2.09. The van der Waals surface area contributed by atoms with Gasteiger partial charge in [0, 0.05) is 5.56 Å². The number of rotatable bonds is 4. The first kappa shape index (κ1) is 12.9. The Morgan fingerprint density at radius 3 is 2.50 bits per heavy atom. The van der Waals surface area contributed by atoms with E-state index in [0.29, 0.717) is 5.89 Å². The second-order valence-electron chi connectivity index (χ2n) is 5.40. The fraction of sp³-hybridized carbons (Fsp3) is 0.278. The summed E-state index contributed by atoms with van der Waals surface area (Å²) in [6.45, 7) is 4.52. The average molecular weight is 265 g/mol. The van der Waals surface area contributed by atoms with Gasteiger partial charge in [-0.2, -0.15) is 0 Å². The number of nitrogens with zero attached hydrogens (tertiary/aromatic N) is 1. The van der Waals surface area contributed by atoms with Crippen molar-refractivity contribution in [3.8, 4) is 11.5 Å². The lowest BCUT2D eigenvalue weighted by Gasteiger charge is -2.08. The average Bonchev–Trinajstić information content (AvgIpc) is 2.91. The first-order valence-electron chi connectivity index (χ1n) is 7.21. The maximum Gasteiger partial charge on any atom is 0.227 e. The van der Waals surface area contributed by atoms with Crippen LogP contribution in [0.15, 0.2) is 52.9 Å². The van der Waals surface area contributed by atoms with Crippen molar-refractivity contribution < 1.29 is 4.42 Å². The fourth-order valence-corrected chi connectivity index (χ4v) is 2.33. The SMILES string of the molecule is CCC(C)Cc1ccc(-c2nc3ccccc3o2)cc1. The summed E-state index contributed by atoms with van der Waals surface area (Å²) in [6, 6.07) is 16.4. The van der Waals surface area contributed by atoms with E-state index in [0.717, 1.165) is 29.0 Å². The molecule has 0 saturated carbocycles. The van der Waals surface area contributed by atoms with Gasteiger partial charge in [0.1, 0.15) is 5.52 Å². The Kier molecular flexibility index (Phi) is 3.55. The van der Waals surface area contributed by atoms with Gasteiger partial charge in [-0.25, -0.2) is 4.98 Å². The van der Waals surface area contributed by atoms with Crippen LogP contribution in [-0.2, 0) is 6.42 Å². The molecule has 0 amide bonds. The molecule has 3 rings (SSSR count). The standard InChI is InChI=1S/C18H19NO/c1-3-13(2)12-14-8-10-15(11-9-14)18-19-16-6-4-5-7-17(16)20-18/h4-11,13H,3,12H2,1-2H3. The molecule has 1 heterocycles. The molecule has 1 unspecified atom stereocenters. The predicted molar refractivity (Wildman–Crippen MR) is 82.6 cm³/mol. The molecule has 0 fully saturated rings. The second-order valence-corrected chi connectivity index (χ2v) is 5.40. The lowest BCUT2D eigenvalue weighted by Crippen LogP contribution is -1.97. The quantitative estimate of drug-likeness (QED) is 0.657. The largest absolute Gasteiger partial charge is 0.436 e. The molecule has 102 valence electrons. The Morgan fingerprint density at radius 1 is 1.05 bits per heavy atom. The Bertz CT molecular complexity index is 664. The maximum atomic E-state index is 5.79. The molecule has 0 aliphatic heterocycles. The van der Waals surface area contributed by atoms with Gasteiger partial charge in [-0.15, -0.1) is 0 Å². The van der Waals surface area contributed by atoms with Crippen molar-refractivity contribution in [3.63, 3.8) is 0 Å². The number of hydrogen-bond donors (Lipinski definition) is 0. The highest BCUT2D eigenvalue weighted by Gasteiger charge is 2.08. The number of benzene rings is 2. The summed E-state index contributed by atoms with van der Waals surface area (Å²) in [5.41, 5.74) is 4.16. The Labute approximate surface area is 119 Å². The smallest absolute Gasteiger partial charge is 0.227 e. The third-order valence-corrected chi connectivity index (χ3v) is 3.78. The normalized spacial score (nSPS) is 12.7. The fourth-order valence-electron chi connectivity index (χ4n) is 2.33. The first-order valence-corrected chi connectivity index (χ1v) is 7.21. The molecule has 2 nitrogen and oxygen atoms in total. The molecule has 0 radical (unpaired) electrons. The Balaban J connectivity index is 1.86. The van der Waals surface area contributed by atoms with Gasteiger partial charge >= 0.3 is 0 Å². The van der Waals surface area contributed by atoms with E-state index in [4.69, 9.17) is 4.42 Å². The number of para-hydroxylation sites is 2. The van der Waals surface area contributed by atoms with Gasteiger partial charge in [0.25, 0.3) is 0 Å². The topological polar surface area (TPSA) is 26.0 Å². The van der Waals surface area contributed by atoms with E-state index in [9.17, 15) is 0 Å². The van der Waals surface area contributed by atoms with E-state index in [2.05, 4.69) is 43.1 Å². The highest BCUT2D eigenvalue weighted by Crippen LogP contribution is 2.24. The zero-order chi connectivity index (χ0) is 13.9. The molecular formula is C18H19NO. The number of fused-ring (bicyclic) bond motifs is 1. The van der Waals surface area contributed by atoms with Crippen molar-refractivity contribution in [2.45, 2.75) is 26.7 Å². The summed E-state index contributed by atoms with van der Waals surface area (Å²) < 4.78 is 5.79. The van der Waals surface area contributed by atoms with Crippen molar-refractivity contribution in [3.05, 3.63) is 54.1 Å². The first-order chi connectivity index (χ1) is 9.76. The summed E-state index contributed by atoms with van der Waals surface area (Å²) in [6.07, 6.45) is 2.34. The zero-order valence-electron chi connectivity index (χ0n) is 12.0. The molecular weight excluding hydrogens is 246 g/mol. The van der Waals surface area contributed by atoms with Gasteiger partial charge in [0.05, 0.1) is 0 Å². The molecule has 0 aliphatic carbocycles. The van der Waals surface area contributed by atoms with E-state index in [1.54, 1.807) is 0 Å². The molecule has 2 aromatic carbocycles. The van der Waals surface area contributed by atoms with Crippen LogP contribution in [0.3, 0.4) is 0 Å². The summed E-state index contributed by atoms with van der Waals surface area (Å²) in [4.78, 5) is 4.52. The van der Waals surface area contributed by atoms with E-state index in [-0.39, 0.29) is 0 Å². The number of hydrogen-bond acceptors (Lipinski definition) is 2. The molecule has 0 spiro atoms. The number of oxazole rings is 1. The van der Waals surface area contributed by atoms with Crippen LogP contribution >= 0.6 is 0 Å².